The fourth-order valence-electron chi connectivity index (χ4n) is 2.81. The van der Waals surface area contributed by atoms with Crippen LogP contribution in [0.25, 0.3) is 0 Å². The molecule has 2 amide bonds. The van der Waals surface area contributed by atoms with Gasteiger partial charge in [-0.25, -0.2) is 0 Å². The van der Waals surface area contributed by atoms with Crippen molar-refractivity contribution >= 4 is 11.8 Å². The summed E-state index contributed by atoms with van der Waals surface area (Å²) in [5.41, 5.74) is 0.707. The number of rotatable bonds is 3. The number of pyridine rings is 1. The van der Waals surface area contributed by atoms with Crippen LogP contribution in [0, 0.1) is 0 Å². The highest BCUT2D eigenvalue weighted by molar-refractivity contribution is 5.97. The predicted molar refractivity (Wildman–Crippen MR) is 88.7 cm³/mol. The number of carbonyl (C=O) groups is 2. The first kappa shape index (κ1) is 16.0. The summed E-state index contributed by atoms with van der Waals surface area (Å²) in [5, 5.41) is 12.8. The summed E-state index contributed by atoms with van der Waals surface area (Å²) < 4.78 is 0. The number of aromatic hydroxyl groups is 1. The highest BCUT2D eigenvalue weighted by Crippen LogP contribution is 2.20. The number of amides is 2. The molecule has 3 rings (SSSR count). The number of hydrogen-bond donors (Lipinski definition) is 2. The Kier molecular flexibility index (Phi) is 4.74. The average molecular weight is 325 g/mol. The summed E-state index contributed by atoms with van der Waals surface area (Å²) in [6.07, 6.45) is 2.94. The molecular weight excluding hydrogens is 306 g/mol. The van der Waals surface area contributed by atoms with Crippen LogP contribution in [0.4, 0.5) is 0 Å². The van der Waals surface area contributed by atoms with E-state index in [2.05, 4.69) is 10.3 Å². The standard InChI is InChI=1S/C18H19N3O3/c22-16-7-2-1-5-14(16)18(24)21-11-8-13(9-12-21)20-17(23)15-6-3-4-10-19-15/h1-7,10,13,22H,8-9,11-12H2,(H,20,23). The number of phenols is 1. The van der Waals surface area contributed by atoms with Gasteiger partial charge in [0.1, 0.15) is 11.4 Å². The Morgan fingerprint density at radius 2 is 1.79 bits per heavy atom. The second-order valence-corrected chi connectivity index (χ2v) is 5.77. The maximum atomic E-state index is 12.4. The molecule has 0 bridgehead atoms. The molecule has 0 spiro atoms. The molecule has 1 aliphatic heterocycles. The minimum Gasteiger partial charge on any atom is -0.507 e. The van der Waals surface area contributed by atoms with Crippen LogP contribution < -0.4 is 5.32 Å². The topological polar surface area (TPSA) is 82.5 Å². The van der Waals surface area contributed by atoms with Crippen LogP contribution in [0.5, 0.6) is 5.75 Å². The number of piperidine rings is 1. The van der Waals surface area contributed by atoms with Gasteiger partial charge in [-0.3, -0.25) is 14.6 Å². The van der Waals surface area contributed by atoms with Gasteiger partial charge in [0, 0.05) is 25.3 Å². The molecule has 0 radical (unpaired) electrons. The molecule has 1 saturated heterocycles. The van der Waals surface area contributed by atoms with Gasteiger partial charge in [-0.05, 0) is 37.1 Å². The van der Waals surface area contributed by atoms with Gasteiger partial charge in [0.15, 0.2) is 0 Å². The quantitative estimate of drug-likeness (QED) is 0.902. The lowest BCUT2D eigenvalue weighted by molar-refractivity contribution is 0.0695. The van der Waals surface area contributed by atoms with Crippen molar-refractivity contribution in [1.29, 1.82) is 0 Å². The number of nitrogens with zero attached hydrogens (tertiary/aromatic N) is 2. The van der Waals surface area contributed by atoms with E-state index in [-0.39, 0.29) is 23.6 Å². The number of phenolic OH excluding ortho intramolecular Hbond substituents is 1. The van der Waals surface area contributed by atoms with Crippen LogP contribution in [0.2, 0.25) is 0 Å². The summed E-state index contributed by atoms with van der Waals surface area (Å²) in [5.74, 6) is -0.378. The number of carbonyl (C=O) groups excluding carboxylic acids is 2. The number of likely N-dealkylation sites (tertiary alicyclic amines) is 1. The number of benzene rings is 1. The van der Waals surface area contributed by atoms with Gasteiger partial charge >= 0.3 is 0 Å². The van der Waals surface area contributed by atoms with Gasteiger partial charge in [0.25, 0.3) is 11.8 Å². The number of para-hydroxylation sites is 1. The normalized spacial score (nSPS) is 15.1. The van der Waals surface area contributed by atoms with E-state index in [9.17, 15) is 14.7 Å². The van der Waals surface area contributed by atoms with E-state index >= 15 is 0 Å². The predicted octanol–water partition coefficient (Wildman–Crippen LogP) is 1.82. The Morgan fingerprint density at radius 3 is 2.46 bits per heavy atom. The number of aromatic nitrogens is 1. The third kappa shape index (κ3) is 3.53. The Bertz CT molecular complexity index is 725. The van der Waals surface area contributed by atoms with Crippen molar-refractivity contribution in [2.24, 2.45) is 0 Å². The molecule has 1 aliphatic rings. The van der Waals surface area contributed by atoms with Crippen LogP contribution in [0.15, 0.2) is 48.7 Å². The highest BCUT2D eigenvalue weighted by Gasteiger charge is 2.26. The smallest absolute Gasteiger partial charge is 0.270 e. The number of nitrogens with one attached hydrogen (secondary N) is 1. The van der Waals surface area contributed by atoms with Crippen molar-refractivity contribution < 1.29 is 14.7 Å². The first-order chi connectivity index (χ1) is 11.6. The summed E-state index contributed by atoms with van der Waals surface area (Å²) >= 11 is 0. The van der Waals surface area contributed by atoms with Gasteiger partial charge in [-0.15, -0.1) is 0 Å². The van der Waals surface area contributed by atoms with E-state index in [4.69, 9.17) is 0 Å². The molecule has 6 heteroatoms. The van der Waals surface area contributed by atoms with Crippen molar-refractivity contribution in [3.8, 4) is 5.75 Å². The van der Waals surface area contributed by atoms with E-state index in [1.54, 1.807) is 47.5 Å². The monoisotopic (exact) mass is 325 g/mol. The molecule has 124 valence electrons. The fourth-order valence-corrected chi connectivity index (χ4v) is 2.81. The van der Waals surface area contributed by atoms with Crippen molar-refractivity contribution in [3.63, 3.8) is 0 Å². The highest BCUT2D eigenvalue weighted by atomic mass is 16.3. The molecule has 0 aliphatic carbocycles. The minimum absolute atomic E-state index is 0.00641. The molecule has 2 N–H and O–H groups in total. The first-order valence-corrected chi connectivity index (χ1v) is 7.94. The lowest BCUT2D eigenvalue weighted by atomic mass is 10.0. The van der Waals surface area contributed by atoms with E-state index in [1.807, 2.05) is 0 Å². The van der Waals surface area contributed by atoms with Gasteiger partial charge < -0.3 is 15.3 Å². The maximum absolute atomic E-state index is 12.4. The van der Waals surface area contributed by atoms with E-state index < -0.39 is 0 Å². The van der Waals surface area contributed by atoms with Crippen LogP contribution in [-0.2, 0) is 0 Å². The van der Waals surface area contributed by atoms with Crippen molar-refractivity contribution in [2.45, 2.75) is 18.9 Å². The van der Waals surface area contributed by atoms with Crippen molar-refractivity contribution in [2.75, 3.05) is 13.1 Å². The maximum Gasteiger partial charge on any atom is 0.270 e. The third-order valence-corrected chi connectivity index (χ3v) is 4.15. The van der Waals surface area contributed by atoms with Gasteiger partial charge in [-0.1, -0.05) is 18.2 Å². The van der Waals surface area contributed by atoms with Crippen LogP contribution in [0.1, 0.15) is 33.7 Å². The molecule has 2 heterocycles. The van der Waals surface area contributed by atoms with Crippen LogP contribution >= 0.6 is 0 Å². The molecule has 1 aromatic carbocycles. The second-order valence-electron chi connectivity index (χ2n) is 5.77. The lowest BCUT2D eigenvalue weighted by Gasteiger charge is -2.32. The molecule has 6 nitrogen and oxygen atoms in total. The van der Waals surface area contributed by atoms with Crippen LogP contribution in [0.3, 0.4) is 0 Å². The molecule has 0 atom stereocenters. The Labute approximate surface area is 140 Å². The summed E-state index contributed by atoms with van der Waals surface area (Å²) in [6, 6.07) is 11.8. The molecule has 2 aromatic rings. The van der Waals surface area contributed by atoms with Crippen LogP contribution in [-0.4, -0.2) is 45.9 Å². The zero-order valence-corrected chi connectivity index (χ0v) is 13.2. The Morgan fingerprint density at radius 1 is 1.08 bits per heavy atom. The molecule has 1 fully saturated rings. The van der Waals surface area contributed by atoms with Crippen molar-refractivity contribution in [3.05, 3.63) is 59.9 Å². The third-order valence-electron chi connectivity index (χ3n) is 4.15. The Hall–Kier alpha value is -2.89. The zero-order valence-electron chi connectivity index (χ0n) is 13.2. The minimum atomic E-state index is -0.193. The molecule has 0 saturated carbocycles. The SMILES string of the molecule is O=C(NC1CCN(C(=O)c2ccccc2O)CC1)c1ccccn1. The summed E-state index contributed by atoms with van der Waals surface area (Å²) in [6.45, 7) is 1.08. The summed E-state index contributed by atoms with van der Waals surface area (Å²) in [7, 11) is 0. The first-order valence-electron chi connectivity index (χ1n) is 7.94. The lowest BCUT2D eigenvalue weighted by Crippen LogP contribution is -2.46. The molecule has 0 unspecified atom stereocenters. The number of hydrogen-bond acceptors (Lipinski definition) is 4. The average Bonchev–Trinajstić information content (AvgIpc) is 2.63. The summed E-state index contributed by atoms with van der Waals surface area (Å²) in [4.78, 5) is 30.3. The molecule has 24 heavy (non-hydrogen) atoms. The van der Waals surface area contributed by atoms with Gasteiger partial charge in [-0.2, -0.15) is 0 Å². The second kappa shape index (κ2) is 7.12. The van der Waals surface area contributed by atoms with Gasteiger partial charge in [0.2, 0.25) is 0 Å². The molecule has 1 aromatic heterocycles. The zero-order chi connectivity index (χ0) is 16.9. The van der Waals surface area contributed by atoms with E-state index in [0.29, 0.717) is 37.2 Å². The van der Waals surface area contributed by atoms with Crippen molar-refractivity contribution in [1.82, 2.24) is 15.2 Å². The molecular formula is C18H19N3O3. The van der Waals surface area contributed by atoms with E-state index in [0.717, 1.165) is 0 Å². The Balaban J connectivity index is 1.55. The fraction of sp³-hybridized carbons (Fsp3) is 0.278. The largest absolute Gasteiger partial charge is 0.507 e. The van der Waals surface area contributed by atoms with E-state index in [1.165, 1.54) is 6.07 Å². The van der Waals surface area contributed by atoms with Gasteiger partial charge in [0.05, 0.1) is 5.56 Å².